The molecule has 2 aromatic rings. The van der Waals surface area contributed by atoms with Gasteiger partial charge >= 0.3 is 0 Å². The Morgan fingerprint density at radius 1 is 1.22 bits per heavy atom. The Balaban J connectivity index is 0.000000208. The first-order valence-electron chi connectivity index (χ1n) is 9.19. The lowest BCUT2D eigenvalue weighted by molar-refractivity contribution is 0.483. The largest absolute Gasteiger partial charge is 0.357 e. The molecule has 1 aliphatic heterocycles. The van der Waals surface area contributed by atoms with Gasteiger partial charge in [0.2, 0.25) is 0 Å². The van der Waals surface area contributed by atoms with Gasteiger partial charge in [-0.05, 0) is 44.0 Å². The zero-order valence-corrected chi connectivity index (χ0v) is 17.3. The van der Waals surface area contributed by atoms with Gasteiger partial charge in [0.05, 0.1) is 4.90 Å². The van der Waals surface area contributed by atoms with Crippen molar-refractivity contribution in [1.29, 1.82) is 0 Å². The van der Waals surface area contributed by atoms with E-state index in [1.165, 1.54) is 23.4 Å². The van der Waals surface area contributed by atoms with E-state index >= 15 is 0 Å². The van der Waals surface area contributed by atoms with Gasteiger partial charge in [-0.1, -0.05) is 30.7 Å². The Kier molecular flexibility index (Phi) is 7.35. The third kappa shape index (κ3) is 6.02. The zero-order chi connectivity index (χ0) is 20.0. The fourth-order valence-corrected chi connectivity index (χ4v) is 3.21. The van der Waals surface area contributed by atoms with Crippen molar-refractivity contribution < 1.29 is 13.0 Å². The van der Waals surface area contributed by atoms with Crippen molar-refractivity contribution in [2.75, 3.05) is 18.5 Å². The number of anilines is 1. The SMILES string of the molecule is CC[C@H](C)N(C)c1ccc2c(n1)CCNC2.Cc1ccc(S(=O)(=O)O)cc1. The summed E-state index contributed by atoms with van der Waals surface area (Å²) in [6, 6.07) is 10.9. The van der Waals surface area contributed by atoms with Crippen LogP contribution in [0.15, 0.2) is 41.3 Å². The van der Waals surface area contributed by atoms with Crippen molar-refractivity contribution in [2.24, 2.45) is 0 Å². The topological polar surface area (TPSA) is 82.5 Å². The van der Waals surface area contributed by atoms with Crippen LogP contribution in [-0.4, -0.2) is 37.6 Å². The predicted molar refractivity (Wildman–Crippen MR) is 109 cm³/mol. The monoisotopic (exact) mass is 391 g/mol. The summed E-state index contributed by atoms with van der Waals surface area (Å²) < 4.78 is 29.6. The fourth-order valence-electron chi connectivity index (χ4n) is 2.73. The summed E-state index contributed by atoms with van der Waals surface area (Å²) in [5.74, 6) is 1.11. The Hall–Kier alpha value is -1.96. The van der Waals surface area contributed by atoms with Crippen LogP contribution in [0, 0.1) is 6.92 Å². The highest BCUT2D eigenvalue weighted by Crippen LogP contribution is 2.19. The summed E-state index contributed by atoms with van der Waals surface area (Å²) in [4.78, 5) is 6.97. The number of benzene rings is 1. The van der Waals surface area contributed by atoms with Crippen molar-refractivity contribution in [3.63, 3.8) is 0 Å². The van der Waals surface area contributed by atoms with Crippen LogP contribution < -0.4 is 10.2 Å². The Bertz CT molecular complexity index is 851. The van der Waals surface area contributed by atoms with Crippen LogP contribution in [0.4, 0.5) is 5.82 Å². The fraction of sp³-hybridized carbons (Fsp3) is 0.450. The number of hydrogen-bond donors (Lipinski definition) is 2. The first-order chi connectivity index (χ1) is 12.7. The van der Waals surface area contributed by atoms with E-state index in [0.717, 1.165) is 37.3 Å². The standard InChI is InChI=1S/C13H21N3.C7H8O3S/c1-4-10(2)16(3)13-6-5-11-9-14-8-7-12(11)15-13;1-6-2-4-7(5-3-6)11(8,9)10/h5-6,10,14H,4,7-9H2,1-3H3;2-5H,1H3,(H,8,9,10)/t10-;/m0./s1. The Labute approximate surface area is 162 Å². The van der Waals surface area contributed by atoms with Crippen molar-refractivity contribution in [3.8, 4) is 0 Å². The highest BCUT2D eigenvalue weighted by molar-refractivity contribution is 7.85. The first kappa shape index (κ1) is 21.3. The molecule has 0 bridgehead atoms. The summed E-state index contributed by atoms with van der Waals surface area (Å²) in [6.45, 7) is 8.31. The van der Waals surface area contributed by atoms with E-state index in [1.54, 1.807) is 12.1 Å². The molecular formula is C20H29N3O3S. The Morgan fingerprint density at radius 2 is 1.89 bits per heavy atom. The van der Waals surface area contributed by atoms with Crippen LogP contribution in [-0.2, 0) is 23.1 Å². The van der Waals surface area contributed by atoms with E-state index in [4.69, 9.17) is 9.54 Å². The van der Waals surface area contributed by atoms with Gasteiger partial charge in [0, 0.05) is 38.3 Å². The van der Waals surface area contributed by atoms with Crippen LogP contribution in [0.3, 0.4) is 0 Å². The molecule has 2 N–H and O–H groups in total. The molecule has 6 nitrogen and oxygen atoms in total. The Morgan fingerprint density at radius 3 is 2.48 bits per heavy atom. The molecule has 7 heteroatoms. The molecule has 1 aliphatic rings. The summed E-state index contributed by atoms with van der Waals surface area (Å²) in [5.41, 5.74) is 3.58. The zero-order valence-electron chi connectivity index (χ0n) is 16.4. The smallest absolute Gasteiger partial charge is 0.294 e. The minimum Gasteiger partial charge on any atom is -0.357 e. The maximum Gasteiger partial charge on any atom is 0.294 e. The van der Waals surface area contributed by atoms with Crippen molar-refractivity contribution in [2.45, 2.75) is 51.1 Å². The van der Waals surface area contributed by atoms with E-state index in [9.17, 15) is 8.42 Å². The lowest BCUT2D eigenvalue weighted by Crippen LogP contribution is -2.30. The normalized spacial score (nSPS) is 14.6. The third-order valence-electron chi connectivity index (χ3n) is 4.84. The molecule has 0 saturated heterocycles. The average Bonchev–Trinajstić information content (AvgIpc) is 2.66. The average molecular weight is 392 g/mol. The molecule has 0 aliphatic carbocycles. The van der Waals surface area contributed by atoms with E-state index in [-0.39, 0.29) is 4.90 Å². The number of nitrogens with zero attached hydrogens (tertiary/aromatic N) is 2. The minimum atomic E-state index is -4.02. The molecule has 1 aromatic carbocycles. The van der Waals surface area contributed by atoms with Crippen LogP contribution in [0.25, 0.3) is 0 Å². The van der Waals surface area contributed by atoms with Gasteiger partial charge in [-0.25, -0.2) is 4.98 Å². The third-order valence-corrected chi connectivity index (χ3v) is 5.71. The van der Waals surface area contributed by atoms with Gasteiger partial charge in [0.1, 0.15) is 5.82 Å². The lowest BCUT2D eigenvalue weighted by atomic mass is 10.1. The number of fused-ring (bicyclic) bond motifs is 1. The van der Waals surface area contributed by atoms with E-state index in [0.29, 0.717) is 6.04 Å². The molecule has 0 radical (unpaired) electrons. The predicted octanol–water partition coefficient (Wildman–Crippen LogP) is 3.20. The number of aromatic nitrogens is 1. The van der Waals surface area contributed by atoms with Gasteiger partial charge in [-0.2, -0.15) is 8.42 Å². The lowest BCUT2D eigenvalue weighted by Gasteiger charge is -2.26. The van der Waals surface area contributed by atoms with E-state index in [1.807, 2.05) is 6.92 Å². The molecule has 0 unspecified atom stereocenters. The van der Waals surface area contributed by atoms with Gasteiger partial charge in [-0.3, -0.25) is 4.55 Å². The molecule has 2 heterocycles. The molecular weight excluding hydrogens is 362 g/mol. The summed E-state index contributed by atoms with van der Waals surface area (Å²) in [5, 5.41) is 3.37. The number of pyridine rings is 1. The first-order valence-corrected chi connectivity index (χ1v) is 10.6. The maximum absolute atomic E-state index is 10.5. The summed E-state index contributed by atoms with van der Waals surface area (Å²) in [6.07, 6.45) is 2.20. The van der Waals surface area contributed by atoms with Crippen LogP contribution >= 0.6 is 0 Å². The maximum atomic E-state index is 10.5. The quantitative estimate of drug-likeness (QED) is 0.779. The molecule has 0 amide bonds. The number of aryl methyl sites for hydroxylation is 1. The molecule has 27 heavy (non-hydrogen) atoms. The highest BCUT2D eigenvalue weighted by atomic mass is 32.2. The molecule has 0 fully saturated rings. The second kappa shape index (κ2) is 9.30. The number of rotatable bonds is 4. The minimum absolute atomic E-state index is 0.0666. The van der Waals surface area contributed by atoms with Crippen molar-refractivity contribution >= 4 is 15.9 Å². The number of nitrogens with one attached hydrogen (secondary N) is 1. The van der Waals surface area contributed by atoms with Gasteiger partial charge < -0.3 is 10.2 Å². The van der Waals surface area contributed by atoms with Gasteiger partial charge in [0.25, 0.3) is 10.1 Å². The summed E-state index contributed by atoms with van der Waals surface area (Å²) in [7, 11) is -1.89. The van der Waals surface area contributed by atoms with Crippen LogP contribution in [0.1, 0.15) is 37.1 Å². The highest BCUT2D eigenvalue weighted by Gasteiger charge is 2.14. The second-order valence-corrected chi connectivity index (χ2v) is 8.28. The molecule has 3 rings (SSSR count). The van der Waals surface area contributed by atoms with E-state index < -0.39 is 10.1 Å². The summed E-state index contributed by atoms with van der Waals surface area (Å²) >= 11 is 0. The van der Waals surface area contributed by atoms with E-state index in [2.05, 4.69) is 43.2 Å². The number of hydrogen-bond acceptors (Lipinski definition) is 5. The molecule has 1 atom stereocenters. The van der Waals surface area contributed by atoms with Crippen molar-refractivity contribution in [3.05, 3.63) is 53.2 Å². The molecule has 0 spiro atoms. The van der Waals surface area contributed by atoms with Crippen LogP contribution in [0.2, 0.25) is 0 Å². The van der Waals surface area contributed by atoms with Crippen LogP contribution in [0.5, 0.6) is 0 Å². The molecule has 1 aromatic heterocycles. The molecule has 148 valence electrons. The second-order valence-electron chi connectivity index (χ2n) is 6.86. The molecule has 0 saturated carbocycles. The van der Waals surface area contributed by atoms with Gasteiger partial charge in [-0.15, -0.1) is 0 Å². The van der Waals surface area contributed by atoms with Crippen molar-refractivity contribution in [1.82, 2.24) is 10.3 Å². The van der Waals surface area contributed by atoms with Gasteiger partial charge in [0.15, 0.2) is 0 Å².